The van der Waals surface area contributed by atoms with Crippen LogP contribution in [0.2, 0.25) is 0 Å². The summed E-state index contributed by atoms with van der Waals surface area (Å²) in [6.45, 7) is 10.6. The highest BCUT2D eigenvalue weighted by Gasteiger charge is 2.23. The lowest BCUT2D eigenvalue weighted by Gasteiger charge is -2.24. The van der Waals surface area contributed by atoms with E-state index in [-0.39, 0.29) is 16.4 Å². The molecule has 2 amide bonds. The van der Waals surface area contributed by atoms with E-state index in [1.165, 1.54) is 12.1 Å². The molecule has 1 unspecified atom stereocenters. The van der Waals surface area contributed by atoms with Crippen molar-refractivity contribution in [2.45, 2.75) is 58.0 Å². The highest BCUT2D eigenvalue weighted by atomic mass is 32.2. The van der Waals surface area contributed by atoms with E-state index in [2.05, 4.69) is 15.4 Å². The lowest BCUT2D eigenvalue weighted by Crippen LogP contribution is -2.50. The van der Waals surface area contributed by atoms with Crippen LogP contribution in [-0.2, 0) is 14.8 Å². The number of amides is 2. The van der Waals surface area contributed by atoms with E-state index in [1.807, 2.05) is 26.8 Å². The second-order valence-electron chi connectivity index (χ2n) is 8.33. The topological polar surface area (TPSA) is 104 Å². The fraction of sp³-hybridized carbons (Fsp3) is 0.364. The van der Waals surface area contributed by atoms with Gasteiger partial charge in [0.15, 0.2) is 0 Å². The van der Waals surface area contributed by atoms with Crippen molar-refractivity contribution in [3.8, 4) is 0 Å². The molecule has 7 nitrogen and oxygen atoms in total. The quantitative estimate of drug-likeness (QED) is 0.653. The molecule has 30 heavy (non-hydrogen) atoms. The van der Waals surface area contributed by atoms with Gasteiger partial charge >= 0.3 is 0 Å². The molecule has 0 aromatic heterocycles. The minimum atomic E-state index is -3.89. The molecule has 0 aliphatic rings. The van der Waals surface area contributed by atoms with E-state index < -0.39 is 27.5 Å². The summed E-state index contributed by atoms with van der Waals surface area (Å²) < 4.78 is 28.2. The molecule has 8 heteroatoms. The summed E-state index contributed by atoms with van der Waals surface area (Å²) in [5.74, 6) is -0.838. The van der Waals surface area contributed by atoms with Gasteiger partial charge in [-0.2, -0.15) is 0 Å². The Morgan fingerprint density at radius 2 is 1.60 bits per heavy atom. The molecule has 2 aromatic rings. The maximum Gasteiger partial charge on any atom is 0.261 e. The molecule has 0 radical (unpaired) electrons. The highest BCUT2D eigenvalue weighted by Crippen LogP contribution is 2.21. The number of carbonyl (C=O) groups excluding carboxylic acids is 2. The Hall–Kier alpha value is -2.87. The highest BCUT2D eigenvalue weighted by molar-refractivity contribution is 7.92. The van der Waals surface area contributed by atoms with Gasteiger partial charge in [-0.1, -0.05) is 24.3 Å². The Bertz CT molecular complexity index is 1060. The molecular weight excluding hydrogens is 402 g/mol. The van der Waals surface area contributed by atoms with Crippen LogP contribution in [0.15, 0.2) is 47.4 Å². The third-order valence-electron chi connectivity index (χ3n) is 4.39. The fourth-order valence-corrected chi connectivity index (χ4v) is 3.88. The average molecular weight is 432 g/mol. The minimum Gasteiger partial charge on any atom is -0.350 e. The van der Waals surface area contributed by atoms with Crippen LogP contribution in [0, 0.1) is 13.8 Å². The van der Waals surface area contributed by atoms with Crippen LogP contribution >= 0.6 is 0 Å². The number of carbonyl (C=O) groups is 2. The SMILES string of the molecule is Cc1ccccc1NS(=O)(=O)c1ccc(C)c(C(=O)NC(C)C(=O)NC(C)(C)C)c1. The van der Waals surface area contributed by atoms with Crippen molar-refractivity contribution in [2.24, 2.45) is 0 Å². The normalized spacial score (nSPS) is 12.7. The van der Waals surface area contributed by atoms with Crippen LogP contribution in [0.4, 0.5) is 5.69 Å². The Kier molecular flexibility index (Phi) is 6.92. The molecule has 0 aliphatic carbocycles. The average Bonchev–Trinajstić information content (AvgIpc) is 2.62. The van der Waals surface area contributed by atoms with E-state index in [0.717, 1.165) is 5.56 Å². The minimum absolute atomic E-state index is 0.0340. The molecule has 3 N–H and O–H groups in total. The van der Waals surface area contributed by atoms with Crippen LogP contribution < -0.4 is 15.4 Å². The van der Waals surface area contributed by atoms with Gasteiger partial charge in [0, 0.05) is 11.1 Å². The van der Waals surface area contributed by atoms with Crippen LogP contribution in [-0.4, -0.2) is 31.8 Å². The molecule has 162 valence electrons. The smallest absolute Gasteiger partial charge is 0.261 e. The molecule has 2 rings (SSSR count). The molecule has 0 bridgehead atoms. The summed E-state index contributed by atoms with van der Waals surface area (Å²) in [5, 5.41) is 5.43. The Morgan fingerprint density at radius 1 is 0.967 bits per heavy atom. The Balaban J connectivity index is 2.25. The first-order chi connectivity index (χ1) is 13.8. The van der Waals surface area contributed by atoms with Gasteiger partial charge in [-0.15, -0.1) is 0 Å². The molecule has 0 spiro atoms. The molecule has 0 aliphatic heterocycles. The predicted octanol–water partition coefficient (Wildman–Crippen LogP) is 3.14. The fourth-order valence-electron chi connectivity index (χ4n) is 2.72. The van der Waals surface area contributed by atoms with Crippen LogP contribution in [0.25, 0.3) is 0 Å². The van der Waals surface area contributed by atoms with Gasteiger partial charge < -0.3 is 10.6 Å². The van der Waals surface area contributed by atoms with E-state index in [4.69, 9.17) is 0 Å². The van der Waals surface area contributed by atoms with Gasteiger partial charge in [0.1, 0.15) is 6.04 Å². The lowest BCUT2D eigenvalue weighted by atomic mass is 10.1. The van der Waals surface area contributed by atoms with Crippen molar-refractivity contribution in [3.63, 3.8) is 0 Å². The molecular formula is C22H29N3O4S. The summed E-state index contributed by atoms with van der Waals surface area (Å²) >= 11 is 0. The third-order valence-corrected chi connectivity index (χ3v) is 5.76. The summed E-state index contributed by atoms with van der Waals surface area (Å²) in [4.78, 5) is 24.9. The first-order valence-corrected chi connectivity index (χ1v) is 11.1. The molecule has 0 heterocycles. The zero-order valence-electron chi connectivity index (χ0n) is 18.2. The van der Waals surface area contributed by atoms with Crippen LogP contribution in [0.1, 0.15) is 49.2 Å². The third kappa shape index (κ3) is 6.06. The summed E-state index contributed by atoms with van der Waals surface area (Å²) in [7, 11) is -3.89. The Morgan fingerprint density at radius 3 is 2.20 bits per heavy atom. The van der Waals surface area contributed by atoms with Crippen LogP contribution in [0.3, 0.4) is 0 Å². The van der Waals surface area contributed by atoms with Crippen LogP contribution in [0.5, 0.6) is 0 Å². The van der Waals surface area contributed by atoms with Crippen molar-refractivity contribution in [2.75, 3.05) is 4.72 Å². The van der Waals surface area contributed by atoms with Gasteiger partial charge in [-0.3, -0.25) is 14.3 Å². The number of aryl methyl sites for hydroxylation is 2. The Labute approximate surface area is 178 Å². The molecule has 2 aromatic carbocycles. The number of hydrogen-bond donors (Lipinski definition) is 3. The number of rotatable bonds is 6. The zero-order chi connectivity index (χ0) is 22.7. The van der Waals surface area contributed by atoms with Crippen molar-refractivity contribution < 1.29 is 18.0 Å². The van der Waals surface area contributed by atoms with E-state index in [9.17, 15) is 18.0 Å². The van der Waals surface area contributed by atoms with Gasteiger partial charge in [0.2, 0.25) is 5.91 Å². The van der Waals surface area contributed by atoms with E-state index >= 15 is 0 Å². The molecule has 1 atom stereocenters. The van der Waals surface area contributed by atoms with Crippen molar-refractivity contribution >= 4 is 27.5 Å². The monoisotopic (exact) mass is 431 g/mol. The molecule has 0 saturated carbocycles. The van der Waals surface area contributed by atoms with Gasteiger partial charge in [0.05, 0.1) is 10.6 Å². The van der Waals surface area contributed by atoms with Gasteiger partial charge in [-0.25, -0.2) is 8.42 Å². The van der Waals surface area contributed by atoms with E-state index in [1.54, 1.807) is 45.0 Å². The standard InChI is InChI=1S/C22H29N3O4S/c1-14-11-12-17(30(28,29)25-19-10-8-7-9-15(19)2)13-18(14)21(27)23-16(3)20(26)24-22(4,5)6/h7-13,16,25H,1-6H3,(H,23,27)(H,24,26). The molecule has 0 saturated heterocycles. The van der Waals surface area contributed by atoms with E-state index in [0.29, 0.717) is 11.3 Å². The number of para-hydroxylation sites is 1. The van der Waals surface area contributed by atoms with Gasteiger partial charge in [-0.05, 0) is 70.9 Å². The lowest BCUT2D eigenvalue weighted by molar-refractivity contribution is -0.124. The predicted molar refractivity (Wildman–Crippen MR) is 118 cm³/mol. The second kappa shape index (κ2) is 8.87. The summed E-state index contributed by atoms with van der Waals surface area (Å²) in [6, 6.07) is 10.6. The number of anilines is 1. The number of sulfonamides is 1. The zero-order valence-corrected chi connectivity index (χ0v) is 19.0. The summed E-state index contributed by atoms with van der Waals surface area (Å²) in [6.07, 6.45) is 0. The number of hydrogen-bond acceptors (Lipinski definition) is 4. The van der Waals surface area contributed by atoms with Crippen molar-refractivity contribution in [1.29, 1.82) is 0 Å². The number of benzene rings is 2. The second-order valence-corrected chi connectivity index (χ2v) is 10.0. The molecule has 0 fully saturated rings. The first-order valence-electron chi connectivity index (χ1n) is 9.62. The van der Waals surface area contributed by atoms with Gasteiger partial charge in [0.25, 0.3) is 15.9 Å². The largest absolute Gasteiger partial charge is 0.350 e. The maximum atomic E-state index is 12.8. The summed E-state index contributed by atoms with van der Waals surface area (Å²) in [5.41, 5.74) is 1.62. The first kappa shape index (κ1) is 23.4. The van der Waals surface area contributed by atoms with Crippen molar-refractivity contribution in [1.82, 2.24) is 10.6 Å². The maximum absolute atomic E-state index is 12.8. The van der Waals surface area contributed by atoms with Crippen molar-refractivity contribution in [3.05, 3.63) is 59.2 Å². The number of nitrogens with one attached hydrogen (secondary N) is 3.